The van der Waals surface area contributed by atoms with E-state index in [9.17, 15) is 18.4 Å². The Morgan fingerprint density at radius 3 is 2.63 bits per heavy atom. The van der Waals surface area contributed by atoms with Gasteiger partial charge in [-0.25, -0.2) is 13.6 Å². The van der Waals surface area contributed by atoms with Crippen molar-refractivity contribution in [3.05, 3.63) is 35.4 Å². The summed E-state index contributed by atoms with van der Waals surface area (Å²) in [5, 5.41) is 0. The third kappa shape index (κ3) is 2.57. The predicted octanol–water partition coefficient (Wildman–Crippen LogP) is 1.96. The largest absolute Gasteiger partial charge is 0.320 e. The average Bonchev–Trinajstić information content (AvgIpc) is 2.60. The number of halogens is 2. The van der Waals surface area contributed by atoms with Crippen LogP contribution in [0.5, 0.6) is 0 Å². The van der Waals surface area contributed by atoms with Gasteiger partial charge in [0.2, 0.25) is 0 Å². The lowest BCUT2D eigenvalue weighted by atomic mass is 10.1. The zero-order valence-corrected chi connectivity index (χ0v) is 10.7. The van der Waals surface area contributed by atoms with Gasteiger partial charge in [0.1, 0.15) is 5.78 Å². The molecule has 0 bridgehead atoms. The smallest absolute Gasteiger partial charge is 0.319 e. The molecule has 1 aromatic carbocycles. The highest BCUT2D eigenvalue weighted by atomic mass is 19.2. The Labute approximate surface area is 109 Å². The highest BCUT2D eigenvalue weighted by Gasteiger charge is 2.36. The van der Waals surface area contributed by atoms with Gasteiger partial charge in [0.05, 0.1) is 12.6 Å². The Morgan fingerprint density at radius 1 is 1.37 bits per heavy atom. The first-order valence-electron chi connectivity index (χ1n) is 5.86. The first kappa shape index (κ1) is 13.5. The average molecular weight is 268 g/mol. The molecule has 0 saturated carbocycles. The van der Waals surface area contributed by atoms with Crippen molar-refractivity contribution in [2.45, 2.75) is 13.0 Å². The molecule has 1 heterocycles. The Hall–Kier alpha value is -1.98. The van der Waals surface area contributed by atoms with E-state index in [1.807, 2.05) is 0 Å². The van der Waals surface area contributed by atoms with E-state index < -0.39 is 11.6 Å². The lowest BCUT2D eigenvalue weighted by Gasteiger charge is -2.18. The number of carbonyl (C=O) groups is 2. The van der Waals surface area contributed by atoms with Crippen molar-refractivity contribution in [2.24, 2.45) is 0 Å². The van der Waals surface area contributed by atoms with Gasteiger partial charge in [0.25, 0.3) is 0 Å². The van der Waals surface area contributed by atoms with Crippen LogP contribution >= 0.6 is 0 Å². The Bertz CT molecular complexity index is 533. The number of likely N-dealkylation sites (N-methyl/N-ethyl adjacent to an activating group) is 1. The molecule has 2 amide bonds. The molecule has 0 N–H and O–H groups in total. The molecule has 19 heavy (non-hydrogen) atoms. The standard InChI is InChI=1S/C13H14F2N2O2/c1-8(18)6-17-7-12(16(2)13(17)19)9-3-4-10(14)11(15)5-9/h3-5,12H,6-7H2,1-2H3. The second-order valence-electron chi connectivity index (χ2n) is 4.67. The van der Waals surface area contributed by atoms with Gasteiger partial charge in [-0.3, -0.25) is 4.79 Å². The van der Waals surface area contributed by atoms with Crippen molar-refractivity contribution in [1.82, 2.24) is 9.80 Å². The van der Waals surface area contributed by atoms with Crippen LogP contribution in [-0.4, -0.2) is 41.8 Å². The number of urea groups is 1. The molecule has 4 nitrogen and oxygen atoms in total. The number of hydrogen-bond donors (Lipinski definition) is 0. The number of hydrogen-bond acceptors (Lipinski definition) is 2. The summed E-state index contributed by atoms with van der Waals surface area (Å²) in [4.78, 5) is 25.8. The van der Waals surface area contributed by atoms with Crippen molar-refractivity contribution < 1.29 is 18.4 Å². The molecule has 1 aliphatic heterocycles. The molecule has 0 radical (unpaired) electrons. The Balaban J connectivity index is 2.23. The van der Waals surface area contributed by atoms with E-state index in [2.05, 4.69) is 0 Å². The maximum atomic E-state index is 13.2. The van der Waals surface area contributed by atoms with Gasteiger partial charge in [-0.15, -0.1) is 0 Å². The number of carbonyl (C=O) groups excluding carboxylic acids is 2. The molecule has 1 fully saturated rings. The second kappa shape index (κ2) is 4.95. The molecule has 1 unspecified atom stereocenters. The molecule has 1 aliphatic rings. The summed E-state index contributed by atoms with van der Waals surface area (Å²) in [5.41, 5.74) is 0.515. The minimum atomic E-state index is -0.941. The van der Waals surface area contributed by atoms with Gasteiger partial charge in [0.15, 0.2) is 11.6 Å². The maximum absolute atomic E-state index is 13.2. The summed E-state index contributed by atoms with van der Waals surface area (Å²) in [6.45, 7) is 1.72. The fourth-order valence-corrected chi connectivity index (χ4v) is 2.22. The molecule has 2 rings (SSSR count). The molecule has 0 aromatic heterocycles. The molecular weight excluding hydrogens is 254 g/mol. The van der Waals surface area contributed by atoms with Gasteiger partial charge in [-0.05, 0) is 24.6 Å². The normalized spacial score (nSPS) is 19.2. The fourth-order valence-electron chi connectivity index (χ4n) is 2.22. The molecule has 0 spiro atoms. The highest BCUT2D eigenvalue weighted by molar-refractivity contribution is 5.85. The van der Waals surface area contributed by atoms with Crippen LogP contribution in [0.3, 0.4) is 0 Å². The highest BCUT2D eigenvalue weighted by Crippen LogP contribution is 2.28. The first-order chi connectivity index (χ1) is 8.90. The van der Waals surface area contributed by atoms with Gasteiger partial charge in [0, 0.05) is 13.6 Å². The van der Waals surface area contributed by atoms with Crippen LogP contribution in [-0.2, 0) is 4.79 Å². The van der Waals surface area contributed by atoms with E-state index in [1.54, 1.807) is 7.05 Å². The SMILES string of the molecule is CC(=O)CN1CC(c2ccc(F)c(F)c2)N(C)C1=O. The summed E-state index contributed by atoms with van der Waals surface area (Å²) in [6, 6.07) is 2.91. The Morgan fingerprint density at radius 2 is 2.05 bits per heavy atom. The van der Waals surface area contributed by atoms with Crippen LogP contribution < -0.4 is 0 Å². The lowest BCUT2D eigenvalue weighted by molar-refractivity contribution is -0.117. The lowest BCUT2D eigenvalue weighted by Crippen LogP contribution is -2.33. The summed E-state index contributed by atoms with van der Waals surface area (Å²) in [6.07, 6.45) is 0. The van der Waals surface area contributed by atoms with Crippen LogP contribution in [0.4, 0.5) is 13.6 Å². The summed E-state index contributed by atoms with van der Waals surface area (Å²) < 4.78 is 26.1. The van der Waals surface area contributed by atoms with Crippen LogP contribution in [0.25, 0.3) is 0 Å². The minimum absolute atomic E-state index is 0.0311. The number of rotatable bonds is 3. The van der Waals surface area contributed by atoms with Gasteiger partial charge in [-0.2, -0.15) is 0 Å². The molecule has 0 aliphatic carbocycles. The molecular formula is C13H14F2N2O2. The monoisotopic (exact) mass is 268 g/mol. The Kier molecular flexibility index (Phi) is 3.50. The third-order valence-corrected chi connectivity index (χ3v) is 3.18. The van der Waals surface area contributed by atoms with E-state index in [0.29, 0.717) is 12.1 Å². The van der Waals surface area contributed by atoms with Crippen molar-refractivity contribution in [3.63, 3.8) is 0 Å². The number of benzene rings is 1. The van der Waals surface area contributed by atoms with Crippen molar-refractivity contribution in [2.75, 3.05) is 20.1 Å². The third-order valence-electron chi connectivity index (χ3n) is 3.18. The molecule has 1 aromatic rings. The summed E-state index contributed by atoms with van der Waals surface area (Å²) in [7, 11) is 1.58. The number of ketones is 1. The number of Topliss-reactive ketones (excluding diaryl/α,β-unsaturated/α-hetero) is 1. The van der Waals surface area contributed by atoms with Crippen LogP contribution in [0.15, 0.2) is 18.2 Å². The molecule has 102 valence electrons. The summed E-state index contributed by atoms with van der Waals surface area (Å²) >= 11 is 0. The van der Waals surface area contributed by atoms with Crippen molar-refractivity contribution in [3.8, 4) is 0 Å². The minimum Gasteiger partial charge on any atom is -0.319 e. The molecule has 1 saturated heterocycles. The van der Waals surface area contributed by atoms with Gasteiger partial charge < -0.3 is 9.80 Å². The second-order valence-corrected chi connectivity index (χ2v) is 4.67. The topological polar surface area (TPSA) is 40.6 Å². The first-order valence-corrected chi connectivity index (χ1v) is 5.86. The van der Waals surface area contributed by atoms with Crippen LogP contribution in [0.1, 0.15) is 18.5 Å². The van der Waals surface area contributed by atoms with Gasteiger partial charge >= 0.3 is 6.03 Å². The number of nitrogens with zero attached hydrogens (tertiary/aromatic N) is 2. The van der Waals surface area contributed by atoms with E-state index in [-0.39, 0.29) is 24.4 Å². The van der Waals surface area contributed by atoms with Crippen LogP contribution in [0, 0.1) is 11.6 Å². The zero-order chi connectivity index (χ0) is 14.2. The quantitative estimate of drug-likeness (QED) is 0.840. The summed E-state index contributed by atoms with van der Waals surface area (Å²) in [5.74, 6) is -1.98. The van der Waals surface area contributed by atoms with Crippen LogP contribution in [0.2, 0.25) is 0 Å². The van der Waals surface area contributed by atoms with Gasteiger partial charge in [-0.1, -0.05) is 6.07 Å². The van der Waals surface area contributed by atoms with E-state index in [0.717, 1.165) is 12.1 Å². The van der Waals surface area contributed by atoms with Crippen molar-refractivity contribution >= 4 is 11.8 Å². The van der Waals surface area contributed by atoms with E-state index >= 15 is 0 Å². The molecule has 1 atom stereocenters. The van der Waals surface area contributed by atoms with E-state index in [4.69, 9.17) is 0 Å². The maximum Gasteiger partial charge on any atom is 0.320 e. The fraction of sp³-hybridized carbons (Fsp3) is 0.385. The van der Waals surface area contributed by atoms with E-state index in [1.165, 1.54) is 22.8 Å². The number of amides is 2. The zero-order valence-electron chi connectivity index (χ0n) is 10.7. The van der Waals surface area contributed by atoms with Crippen molar-refractivity contribution in [1.29, 1.82) is 0 Å². The molecule has 6 heteroatoms. The predicted molar refractivity (Wildman–Crippen MR) is 64.5 cm³/mol.